The van der Waals surface area contributed by atoms with Crippen LogP contribution in [-0.2, 0) is 29.4 Å². The molecule has 5 aliphatic rings. The molecule has 1 N–H and O–H groups in total. The lowest BCUT2D eigenvalue weighted by molar-refractivity contribution is -0.205. The summed E-state index contributed by atoms with van der Waals surface area (Å²) in [6, 6.07) is 26.0. The van der Waals surface area contributed by atoms with E-state index in [1.165, 1.54) is 40.8 Å². The van der Waals surface area contributed by atoms with E-state index >= 15 is 0 Å². The van der Waals surface area contributed by atoms with Crippen molar-refractivity contribution in [2.24, 2.45) is 5.92 Å². The second kappa shape index (κ2) is 10.6. The molecule has 3 aliphatic carbocycles. The third-order valence-corrected chi connectivity index (χ3v) is 11.7. The van der Waals surface area contributed by atoms with Crippen molar-refractivity contribution in [2.45, 2.75) is 68.1 Å². The number of phenols is 1. The second-order valence-electron chi connectivity index (χ2n) is 14.5. The summed E-state index contributed by atoms with van der Waals surface area (Å²) < 4.78 is 14.4. The molecule has 0 amide bonds. The van der Waals surface area contributed by atoms with E-state index in [9.17, 15) is 5.11 Å². The molecular formula is C40H43N3O3. The zero-order valence-corrected chi connectivity index (χ0v) is 26.9. The van der Waals surface area contributed by atoms with Gasteiger partial charge in [-0.1, -0.05) is 48.5 Å². The van der Waals surface area contributed by atoms with E-state index in [1.807, 2.05) is 12.3 Å². The van der Waals surface area contributed by atoms with Crippen LogP contribution >= 0.6 is 0 Å². The molecule has 4 aromatic rings. The van der Waals surface area contributed by atoms with Crippen LogP contribution in [-0.4, -0.2) is 60.4 Å². The number of hydrogen-bond acceptors (Lipinski definition) is 6. The van der Waals surface area contributed by atoms with Gasteiger partial charge in [0.15, 0.2) is 17.6 Å². The Kier molecular flexibility index (Phi) is 6.52. The minimum atomic E-state index is -0.480. The number of aryl methyl sites for hydroxylation is 1. The highest BCUT2D eigenvalue weighted by molar-refractivity contribution is 5.70. The predicted molar refractivity (Wildman–Crippen MR) is 181 cm³/mol. The highest BCUT2D eigenvalue weighted by atomic mass is 16.5. The van der Waals surface area contributed by atoms with E-state index in [2.05, 4.69) is 90.6 Å². The number of rotatable bonds is 9. The molecule has 3 aromatic carbocycles. The van der Waals surface area contributed by atoms with Crippen LogP contribution in [0.5, 0.6) is 11.5 Å². The van der Waals surface area contributed by atoms with Crippen molar-refractivity contribution in [2.75, 3.05) is 38.7 Å². The number of aromatic nitrogens is 1. The lowest BCUT2D eigenvalue weighted by Gasteiger charge is -2.64. The number of benzene rings is 3. The van der Waals surface area contributed by atoms with Gasteiger partial charge in [0, 0.05) is 62.7 Å². The Morgan fingerprint density at radius 2 is 1.87 bits per heavy atom. The topological polar surface area (TPSA) is 58.1 Å². The van der Waals surface area contributed by atoms with Crippen molar-refractivity contribution in [1.82, 2.24) is 9.88 Å². The number of phenolic OH excluding ortho intramolecular Hbond substituents is 1. The number of piperidine rings is 1. The summed E-state index contributed by atoms with van der Waals surface area (Å²) >= 11 is 0. The highest BCUT2D eigenvalue weighted by Gasteiger charge is 2.73. The van der Waals surface area contributed by atoms with E-state index < -0.39 is 11.0 Å². The van der Waals surface area contributed by atoms with Crippen molar-refractivity contribution >= 4 is 5.69 Å². The monoisotopic (exact) mass is 613 g/mol. The van der Waals surface area contributed by atoms with Gasteiger partial charge >= 0.3 is 0 Å². The minimum absolute atomic E-state index is 0.234. The smallest absolute Gasteiger partial charge is 0.166 e. The molecule has 1 aromatic heterocycles. The number of pyridine rings is 1. The quantitative estimate of drug-likeness (QED) is 0.208. The van der Waals surface area contributed by atoms with Gasteiger partial charge in [0.05, 0.1) is 11.1 Å². The SMILES string of the molecule is CN(C)c1cccc(-c2cnc3c(c2)C[C@@]2(OCCCc4ccccc4)[C@H]4Cc5ccc(O)c6c5[C@@]2(CCN4CC2CC2)[C@H]3O6)c1. The summed E-state index contributed by atoms with van der Waals surface area (Å²) in [7, 11) is 4.16. The number of nitrogens with zero attached hydrogens (tertiary/aromatic N) is 3. The lowest BCUT2D eigenvalue weighted by atomic mass is 9.48. The highest BCUT2D eigenvalue weighted by Crippen LogP contribution is 2.69. The molecule has 1 saturated heterocycles. The van der Waals surface area contributed by atoms with Gasteiger partial charge in [-0.05, 0) is 97.5 Å². The van der Waals surface area contributed by atoms with Crippen LogP contribution in [0.2, 0.25) is 0 Å². The summed E-state index contributed by atoms with van der Waals surface area (Å²) in [4.78, 5) is 10.1. The van der Waals surface area contributed by atoms with Gasteiger partial charge in [-0.25, -0.2) is 0 Å². The summed E-state index contributed by atoms with van der Waals surface area (Å²) in [6.45, 7) is 2.85. The number of hydrogen-bond donors (Lipinski definition) is 1. The van der Waals surface area contributed by atoms with E-state index in [0.29, 0.717) is 12.4 Å². The molecule has 6 heteroatoms. The van der Waals surface area contributed by atoms with Gasteiger partial charge in [0.2, 0.25) is 0 Å². The molecule has 2 bridgehead atoms. The van der Waals surface area contributed by atoms with E-state index in [0.717, 1.165) is 67.9 Å². The molecule has 6 nitrogen and oxygen atoms in total. The third-order valence-electron chi connectivity index (χ3n) is 11.7. The Labute approximate surface area is 272 Å². The molecule has 2 fully saturated rings. The molecule has 3 heterocycles. The van der Waals surface area contributed by atoms with E-state index in [4.69, 9.17) is 14.5 Å². The lowest BCUT2D eigenvalue weighted by Crippen LogP contribution is -2.75. The standard InChI is InChI=1S/C40H43N3O3/c1-42(2)32-12-6-11-28(21-32)31-20-30-23-40(45-19-7-10-26-8-4-3-5-9-26)34-22-29-15-16-33(44)37-35(29)39(40,38(46-37)36(30)41-24-31)17-18-43(34)25-27-13-14-27/h3-6,8-9,11-12,15-16,20-21,24,27,34,38,44H,7,10,13-14,17-19,22-23,25H2,1-2H3/t34-,38+,39+,40-/m1/s1. The zero-order chi connectivity index (χ0) is 31.0. The second-order valence-corrected chi connectivity index (χ2v) is 14.5. The molecule has 0 unspecified atom stereocenters. The summed E-state index contributed by atoms with van der Waals surface area (Å²) in [5, 5.41) is 11.2. The van der Waals surface area contributed by atoms with Crippen LogP contribution in [0.1, 0.15) is 59.7 Å². The Hall–Kier alpha value is -3.87. The molecule has 1 saturated carbocycles. The van der Waals surface area contributed by atoms with Crippen LogP contribution < -0.4 is 9.64 Å². The van der Waals surface area contributed by atoms with Crippen molar-refractivity contribution in [3.05, 3.63) is 107 Å². The fourth-order valence-corrected chi connectivity index (χ4v) is 9.38. The van der Waals surface area contributed by atoms with Gasteiger partial charge in [-0.2, -0.15) is 0 Å². The Bertz CT molecular complexity index is 1800. The van der Waals surface area contributed by atoms with Gasteiger partial charge in [-0.3, -0.25) is 9.88 Å². The predicted octanol–water partition coefficient (Wildman–Crippen LogP) is 6.88. The van der Waals surface area contributed by atoms with Crippen LogP contribution in [0.15, 0.2) is 79.0 Å². The largest absolute Gasteiger partial charge is 0.504 e. The number of aromatic hydroxyl groups is 1. The summed E-state index contributed by atoms with van der Waals surface area (Å²) in [6.07, 6.45) is 9.01. The van der Waals surface area contributed by atoms with Gasteiger partial charge in [0.25, 0.3) is 0 Å². The molecule has 2 aliphatic heterocycles. The number of fused-ring (bicyclic) bond motifs is 2. The van der Waals surface area contributed by atoms with Crippen molar-refractivity contribution < 1.29 is 14.6 Å². The Balaban J connectivity index is 1.18. The first-order chi connectivity index (χ1) is 22.5. The first-order valence-corrected chi connectivity index (χ1v) is 17.2. The van der Waals surface area contributed by atoms with Crippen LogP contribution in [0, 0.1) is 5.92 Å². The molecule has 236 valence electrons. The maximum Gasteiger partial charge on any atom is 0.166 e. The van der Waals surface area contributed by atoms with Crippen molar-refractivity contribution in [3.63, 3.8) is 0 Å². The molecule has 1 spiro atoms. The van der Waals surface area contributed by atoms with Crippen LogP contribution in [0.25, 0.3) is 11.1 Å². The fraction of sp³-hybridized carbons (Fsp3) is 0.425. The number of likely N-dealkylation sites (tertiary alicyclic amines) is 1. The molecule has 9 rings (SSSR count). The van der Waals surface area contributed by atoms with Gasteiger partial charge < -0.3 is 19.5 Å². The summed E-state index contributed by atoms with van der Waals surface area (Å²) in [5.74, 6) is 1.69. The zero-order valence-electron chi connectivity index (χ0n) is 26.9. The van der Waals surface area contributed by atoms with Gasteiger partial charge in [-0.15, -0.1) is 0 Å². The molecular weight excluding hydrogens is 570 g/mol. The normalized spacial score (nSPS) is 27.1. The summed E-state index contributed by atoms with van der Waals surface area (Å²) in [5.41, 5.74) is 8.65. The van der Waals surface area contributed by atoms with Crippen LogP contribution in [0.3, 0.4) is 0 Å². The van der Waals surface area contributed by atoms with Gasteiger partial charge in [0.1, 0.15) is 5.60 Å². The Morgan fingerprint density at radius 3 is 2.70 bits per heavy atom. The minimum Gasteiger partial charge on any atom is -0.504 e. The van der Waals surface area contributed by atoms with Crippen molar-refractivity contribution in [3.8, 4) is 22.6 Å². The maximum absolute atomic E-state index is 11.2. The van der Waals surface area contributed by atoms with Crippen LogP contribution in [0.4, 0.5) is 5.69 Å². The molecule has 46 heavy (non-hydrogen) atoms. The Morgan fingerprint density at radius 1 is 1.00 bits per heavy atom. The first-order valence-electron chi connectivity index (χ1n) is 17.2. The average molecular weight is 614 g/mol. The van der Waals surface area contributed by atoms with E-state index in [1.54, 1.807) is 0 Å². The fourth-order valence-electron chi connectivity index (χ4n) is 9.38. The molecule has 0 radical (unpaired) electrons. The number of anilines is 1. The third kappa shape index (κ3) is 4.19. The average Bonchev–Trinajstić information content (AvgIpc) is 3.82. The maximum atomic E-state index is 11.2. The van der Waals surface area contributed by atoms with Crippen molar-refractivity contribution in [1.29, 1.82) is 0 Å². The molecule has 4 atom stereocenters. The first kappa shape index (κ1) is 28.4. The number of ether oxygens (including phenoxy) is 2. The van der Waals surface area contributed by atoms with E-state index in [-0.39, 0.29) is 17.9 Å².